The summed E-state index contributed by atoms with van der Waals surface area (Å²) in [4.78, 5) is 24.3. The highest BCUT2D eigenvalue weighted by Crippen LogP contribution is 2.34. The molecule has 3 aromatic heterocycles. The lowest BCUT2D eigenvalue weighted by atomic mass is 10.2. The second-order valence-electron chi connectivity index (χ2n) is 10.4. The fourth-order valence-corrected chi connectivity index (χ4v) is 5.65. The van der Waals surface area contributed by atoms with Gasteiger partial charge in [-0.05, 0) is 25.7 Å². The summed E-state index contributed by atoms with van der Waals surface area (Å²) in [5.41, 5.74) is 1.89. The third-order valence-corrected chi connectivity index (χ3v) is 8.88. The Balaban J connectivity index is 1.39. The van der Waals surface area contributed by atoms with Gasteiger partial charge in [-0.2, -0.15) is 17.7 Å². The van der Waals surface area contributed by atoms with Crippen molar-refractivity contribution in [2.24, 2.45) is 5.92 Å². The van der Waals surface area contributed by atoms with Crippen LogP contribution in [-0.4, -0.2) is 84.2 Å². The van der Waals surface area contributed by atoms with E-state index in [1.54, 1.807) is 12.1 Å². The fraction of sp³-hybridized carbons (Fsp3) is 0.407. The van der Waals surface area contributed by atoms with E-state index in [0.29, 0.717) is 60.4 Å². The van der Waals surface area contributed by atoms with E-state index in [0.717, 1.165) is 21.2 Å². The lowest BCUT2D eigenvalue weighted by molar-refractivity contribution is 0.0909. The van der Waals surface area contributed by atoms with E-state index >= 15 is 0 Å². The van der Waals surface area contributed by atoms with Crippen LogP contribution in [-0.2, 0) is 14.9 Å². The molecule has 4 aromatic rings. The summed E-state index contributed by atoms with van der Waals surface area (Å²) >= 11 is 0. The third kappa shape index (κ3) is 5.49. The molecule has 216 valence electrons. The predicted octanol–water partition coefficient (Wildman–Crippen LogP) is 2.85. The first-order valence-corrected chi connectivity index (χ1v) is 14.9. The smallest absolute Gasteiger partial charge is 0.323 e. The fourth-order valence-electron chi connectivity index (χ4n) is 4.74. The number of hydrogen-bond donors (Lipinski definition) is 2. The number of benzene rings is 1. The minimum absolute atomic E-state index is 0.0603. The van der Waals surface area contributed by atoms with Crippen LogP contribution in [0.4, 0.5) is 17.6 Å². The van der Waals surface area contributed by atoms with Gasteiger partial charge in [-0.25, -0.2) is 4.98 Å². The molecule has 1 aromatic carbocycles. The number of amides is 1. The zero-order chi connectivity index (χ0) is 28.7. The highest BCUT2D eigenvalue weighted by Gasteiger charge is 2.31. The molecule has 1 atom stereocenters. The highest BCUT2D eigenvalue weighted by molar-refractivity contribution is 7.87. The summed E-state index contributed by atoms with van der Waals surface area (Å²) in [6.45, 7) is 4.21. The normalized spacial score (nSPS) is 16.7. The Morgan fingerprint density at radius 2 is 1.83 bits per heavy atom. The average Bonchev–Trinajstić information content (AvgIpc) is 3.60. The van der Waals surface area contributed by atoms with Gasteiger partial charge in [0.15, 0.2) is 23.0 Å². The molecule has 1 aliphatic carbocycles. The maximum absolute atomic E-state index is 13.1. The van der Waals surface area contributed by atoms with Crippen molar-refractivity contribution in [3.63, 3.8) is 0 Å². The Bertz CT molecular complexity index is 1670. The topological polar surface area (TPSA) is 148 Å². The van der Waals surface area contributed by atoms with Crippen LogP contribution in [0.3, 0.4) is 0 Å². The highest BCUT2D eigenvalue weighted by atomic mass is 32.2. The number of morpholine rings is 1. The number of anilines is 3. The summed E-state index contributed by atoms with van der Waals surface area (Å²) < 4.78 is 39.8. The minimum atomic E-state index is -3.93. The first-order chi connectivity index (χ1) is 19.7. The van der Waals surface area contributed by atoms with E-state index in [2.05, 4.69) is 20.7 Å². The number of aromatic nitrogens is 4. The number of ether oxygens (including phenoxy) is 1. The number of rotatable bonds is 9. The van der Waals surface area contributed by atoms with Gasteiger partial charge in [0.1, 0.15) is 5.52 Å². The molecule has 2 fully saturated rings. The van der Waals surface area contributed by atoms with Crippen LogP contribution in [0.25, 0.3) is 22.4 Å². The van der Waals surface area contributed by atoms with E-state index in [1.807, 2.05) is 42.2 Å². The van der Waals surface area contributed by atoms with Crippen LogP contribution in [0.2, 0.25) is 0 Å². The molecule has 14 heteroatoms. The number of carbonyl (C=O) groups excluding carboxylic acids is 1. The summed E-state index contributed by atoms with van der Waals surface area (Å²) in [5.74, 6) is 1.29. The molecule has 0 radical (unpaired) electrons. The van der Waals surface area contributed by atoms with Gasteiger partial charge in [-0.15, -0.1) is 9.19 Å². The molecule has 41 heavy (non-hydrogen) atoms. The van der Waals surface area contributed by atoms with Gasteiger partial charge in [-0.1, -0.05) is 30.3 Å². The van der Waals surface area contributed by atoms with Crippen molar-refractivity contribution in [2.45, 2.75) is 25.8 Å². The zero-order valence-electron chi connectivity index (χ0n) is 23.1. The number of nitrogens with one attached hydrogen (secondary N) is 2. The van der Waals surface area contributed by atoms with Crippen molar-refractivity contribution in [2.75, 3.05) is 50.6 Å². The van der Waals surface area contributed by atoms with E-state index in [9.17, 15) is 13.2 Å². The Morgan fingerprint density at radius 1 is 1.10 bits per heavy atom. The SMILES string of the molecule is CC(NC(=O)c1cc2nc(Nc3cc(-c4ccccc4)n(S(=O)(=O)N(C)C)n3)nc(N3CCOCC3)c2o1)C1CC1. The van der Waals surface area contributed by atoms with Gasteiger partial charge in [0.25, 0.3) is 5.91 Å². The molecule has 6 rings (SSSR count). The summed E-state index contributed by atoms with van der Waals surface area (Å²) in [6, 6.07) is 12.4. The lowest BCUT2D eigenvalue weighted by Gasteiger charge is -2.27. The molecule has 4 heterocycles. The van der Waals surface area contributed by atoms with Crippen LogP contribution >= 0.6 is 0 Å². The van der Waals surface area contributed by atoms with Gasteiger partial charge >= 0.3 is 10.2 Å². The number of nitrogens with zero attached hydrogens (tertiary/aromatic N) is 6. The van der Waals surface area contributed by atoms with Crippen molar-refractivity contribution < 1.29 is 22.4 Å². The van der Waals surface area contributed by atoms with E-state index in [4.69, 9.17) is 14.1 Å². The molecule has 2 N–H and O–H groups in total. The molecule has 0 bridgehead atoms. The van der Waals surface area contributed by atoms with Gasteiger partial charge < -0.3 is 24.7 Å². The molecule has 1 aliphatic heterocycles. The number of furan rings is 1. The molecule has 1 unspecified atom stereocenters. The van der Waals surface area contributed by atoms with E-state index < -0.39 is 10.2 Å². The second-order valence-corrected chi connectivity index (χ2v) is 12.4. The van der Waals surface area contributed by atoms with Crippen LogP contribution in [0, 0.1) is 5.92 Å². The summed E-state index contributed by atoms with van der Waals surface area (Å²) in [6.07, 6.45) is 2.22. The van der Waals surface area contributed by atoms with Gasteiger partial charge in [0.2, 0.25) is 5.95 Å². The van der Waals surface area contributed by atoms with Gasteiger partial charge in [0, 0.05) is 50.9 Å². The van der Waals surface area contributed by atoms with Gasteiger partial charge in [0.05, 0.1) is 18.9 Å². The minimum Gasteiger partial charge on any atom is -0.445 e. The average molecular weight is 581 g/mol. The van der Waals surface area contributed by atoms with Crippen molar-refractivity contribution in [3.05, 3.63) is 48.2 Å². The van der Waals surface area contributed by atoms with Crippen molar-refractivity contribution in [1.82, 2.24) is 28.8 Å². The number of fused-ring (bicyclic) bond motifs is 1. The van der Waals surface area contributed by atoms with Crippen molar-refractivity contribution in [1.29, 1.82) is 0 Å². The standard InChI is InChI=1S/C27H32N8O5S/c1-17(18-9-10-18)28-26(36)22-15-20-24(40-22)25(34-11-13-39-14-12-34)31-27(29-20)30-23-16-21(19-7-5-4-6-8-19)35(32-23)41(37,38)33(2)3/h4-8,15-18H,9-14H2,1-3H3,(H,28,36)(H,29,30,31,32). The largest absolute Gasteiger partial charge is 0.445 e. The lowest BCUT2D eigenvalue weighted by Crippen LogP contribution is -2.37. The van der Waals surface area contributed by atoms with Crippen LogP contribution < -0.4 is 15.5 Å². The van der Waals surface area contributed by atoms with Crippen LogP contribution in [0.5, 0.6) is 0 Å². The maximum atomic E-state index is 13.1. The number of hydrogen-bond acceptors (Lipinski definition) is 10. The molecule has 13 nitrogen and oxygen atoms in total. The zero-order valence-corrected chi connectivity index (χ0v) is 23.9. The Hall–Kier alpha value is -4.01. The molecule has 2 aliphatic rings. The predicted molar refractivity (Wildman–Crippen MR) is 153 cm³/mol. The Kier molecular flexibility index (Phi) is 7.13. The van der Waals surface area contributed by atoms with E-state index in [1.165, 1.54) is 14.1 Å². The summed E-state index contributed by atoms with van der Waals surface area (Å²) in [7, 11) is -1.03. The maximum Gasteiger partial charge on any atom is 0.323 e. The van der Waals surface area contributed by atoms with Crippen molar-refractivity contribution in [3.8, 4) is 11.3 Å². The first-order valence-electron chi connectivity index (χ1n) is 13.5. The van der Waals surface area contributed by atoms with Crippen LogP contribution in [0.15, 0.2) is 46.9 Å². The molecular formula is C27H32N8O5S. The molecule has 0 spiro atoms. The van der Waals surface area contributed by atoms with Gasteiger partial charge in [-0.3, -0.25) is 4.79 Å². The second kappa shape index (κ2) is 10.8. The van der Waals surface area contributed by atoms with E-state index in [-0.39, 0.29) is 29.5 Å². The Labute approximate surface area is 237 Å². The third-order valence-electron chi connectivity index (χ3n) is 7.24. The monoisotopic (exact) mass is 580 g/mol. The first kappa shape index (κ1) is 27.2. The Morgan fingerprint density at radius 3 is 2.51 bits per heavy atom. The quantitative estimate of drug-likeness (QED) is 0.303. The number of carbonyl (C=O) groups is 1. The summed E-state index contributed by atoms with van der Waals surface area (Å²) in [5, 5.41) is 10.5. The molecule has 1 saturated carbocycles. The molecule has 1 amide bonds. The molecule has 1 saturated heterocycles. The molecular weight excluding hydrogens is 548 g/mol. The van der Waals surface area contributed by atoms with Crippen LogP contribution in [0.1, 0.15) is 30.3 Å². The van der Waals surface area contributed by atoms with Crippen molar-refractivity contribution >= 4 is 44.8 Å².